The first-order valence-electron chi connectivity index (χ1n) is 4.31. The largest absolute Gasteiger partial charge is 0.508 e. The quantitative estimate of drug-likeness (QED) is 0.673. The van der Waals surface area contributed by atoms with Crippen LogP contribution in [0.15, 0.2) is 18.2 Å². The maximum Gasteiger partial charge on any atom is 0.125 e. The van der Waals surface area contributed by atoms with Gasteiger partial charge in [-0.2, -0.15) is 0 Å². The van der Waals surface area contributed by atoms with Crippen molar-refractivity contribution in [2.24, 2.45) is 5.73 Å². The Kier molecular flexibility index (Phi) is 2.98. The number of aromatic hydroxyl groups is 2. The van der Waals surface area contributed by atoms with Gasteiger partial charge in [0.1, 0.15) is 17.1 Å². The minimum absolute atomic E-state index is 0.0141. The first-order chi connectivity index (χ1) is 6.53. The molecule has 14 heavy (non-hydrogen) atoms. The Hall–Kier alpha value is -1.26. The summed E-state index contributed by atoms with van der Waals surface area (Å²) in [6.07, 6.45) is 0. The number of ether oxygens (including phenoxy) is 1. The zero-order valence-electron chi connectivity index (χ0n) is 8.32. The molecule has 78 valence electrons. The highest BCUT2D eigenvalue weighted by molar-refractivity contribution is 5.42. The van der Waals surface area contributed by atoms with Crippen LogP contribution in [0.5, 0.6) is 11.5 Å². The van der Waals surface area contributed by atoms with E-state index in [1.165, 1.54) is 19.2 Å². The minimum Gasteiger partial charge on any atom is -0.508 e. The molecular formula is C10H15NO3. The summed E-state index contributed by atoms with van der Waals surface area (Å²) in [5.41, 5.74) is 5.40. The van der Waals surface area contributed by atoms with Gasteiger partial charge in [0.05, 0.1) is 0 Å². The molecule has 0 aliphatic carbocycles. The second-order valence-corrected chi connectivity index (χ2v) is 3.34. The van der Waals surface area contributed by atoms with Gasteiger partial charge in [-0.15, -0.1) is 0 Å². The molecule has 1 aromatic rings. The van der Waals surface area contributed by atoms with Crippen LogP contribution in [0.3, 0.4) is 0 Å². The number of phenols is 2. The standard InChI is InChI=1S/C10H15NO3/c1-10(6-11,14-2)8-4-3-7(12)5-9(8)13/h3-5,12-13H,6,11H2,1-2H3. The van der Waals surface area contributed by atoms with Crippen LogP contribution in [0.25, 0.3) is 0 Å². The van der Waals surface area contributed by atoms with Crippen LogP contribution in [0.4, 0.5) is 0 Å². The molecule has 0 bridgehead atoms. The lowest BCUT2D eigenvalue weighted by molar-refractivity contribution is 0.00823. The van der Waals surface area contributed by atoms with E-state index in [4.69, 9.17) is 15.6 Å². The Balaban J connectivity index is 3.17. The second kappa shape index (κ2) is 3.86. The van der Waals surface area contributed by atoms with E-state index in [1.807, 2.05) is 0 Å². The van der Waals surface area contributed by atoms with Crippen LogP contribution >= 0.6 is 0 Å². The monoisotopic (exact) mass is 197 g/mol. The molecule has 1 unspecified atom stereocenters. The van der Waals surface area contributed by atoms with Crippen LogP contribution in [0.2, 0.25) is 0 Å². The molecule has 4 N–H and O–H groups in total. The van der Waals surface area contributed by atoms with Gasteiger partial charge in [-0.05, 0) is 19.1 Å². The van der Waals surface area contributed by atoms with Crippen LogP contribution in [-0.4, -0.2) is 23.9 Å². The molecule has 1 atom stereocenters. The van der Waals surface area contributed by atoms with E-state index in [0.717, 1.165) is 0 Å². The van der Waals surface area contributed by atoms with Crippen molar-refractivity contribution in [3.05, 3.63) is 23.8 Å². The molecule has 0 aromatic heterocycles. The number of nitrogens with two attached hydrogens (primary N) is 1. The maximum atomic E-state index is 9.59. The van der Waals surface area contributed by atoms with Crippen molar-refractivity contribution in [2.75, 3.05) is 13.7 Å². The molecular weight excluding hydrogens is 182 g/mol. The lowest BCUT2D eigenvalue weighted by Gasteiger charge is -2.27. The predicted molar refractivity (Wildman–Crippen MR) is 53.2 cm³/mol. The third-order valence-corrected chi connectivity index (χ3v) is 2.39. The van der Waals surface area contributed by atoms with Gasteiger partial charge >= 0.3 is 0 Å². The van der Waals surface area contributed by atoms with E-state index < -0.39 is 5.60 Å². The minimum atomic E-state index is -0.724. The van der Waals surface area contributed by atoms with Crippen molar-refractivity contribution in [2.45, 2.75) is 12.5 Å². The van der Waals surface area contributed by atoms with Gasteiger partial charge in [0, 0.05) is 25.3 Å². The van der Waals surface area contributed by atoms with E-state index in [9.17, 15) is 5.11 Å². The molecule has 1 rings (SSSR count). The van der Waals surface area contributed by atoms with Gasteiger partial charge in [0.15, 0.2) is 0 Å². The fourth-order valence-electron chi connectivity index (χ4n) is 1.27. The van der Waals surface area contributed by atoms with Crippen molar-refractivity contribution >= 4 is 0 Å². The Bertz CT molecular complexity index is 321. The van der Waals surface area contributed by atoms with Crippen LogP contribution in [0.1, 0.15) is 12.5 Å². The van der Waals surface area contributed by atoms with E-state index in [0.29, 0.717) is 5.56 Å². The maximum absolute atomic E-state index is 9.59. The van der Waals surface area contributed by atoms with Crippen molar-refractivity contribution in [1.29, 1.82) is 0 Å². The van der Waals surface area contributed by atoms with Gasteiger partial charge in [-0.1, -0.05) is 0 Å². The molecule has 4 heteroatoms. The van der Waals surface area contributed by atoms with Crippen molar-refractivity contribution < 1.29 is 14.9 Å². The number of rotatable bonds is 3. The topological polar surface area (TPSA) is 75.7 Å². The summed E-state index contributed by atoms with van der Waals surface area (Å²) in [5.74, 6) is 0.00141. The predicted octanol–water partition coefficient (Wildman–Crippen LogP) is 0.918. The number of hydrogen-bond donors (Lipinski definition) is 3. The molecule has 0 fully saturated rings. The van der Waals surface area contributed by atoms with Gasteiger partial charge in [0.25, 0.3) is 0 Å². The van der Waals surface area contributed by atoms with Crippen LogP contribution < -0.4 is 5.73 Å². The van der Waals surface area contributed by atoms with Crippen molar-refractivity contribution in [3.8, 4) is 11.5 Å². The SMILES string of the molecule is COC(C)(CN)c1ccc(O)cc1O. The number of hydrogen-bond acceptors (Lipinski definition) is 4. The molecule has 0 saturated heterocycles. The summed E-state index contributed by atoms with van der Waals surface area (Å²) in [7, 11) is 1.53. The Morgan fingerprint density at radius 2 is 2.07 bits per heavy atom. The fourth-order valence-corrected chi connectivity index (χ4v) is 1.27. The van der Waals surface area contributed by atoms with E-state index in [2.05, 4.69) is 0 Å². The van der Waals surface area contributed by atoms with Gasteiger partial charge in [-0.25, -0.2) is 0 Å². The number of benzene rings is 1. The van der Waals surface area contributed by atoms with Crippen LogP contribution in [-0.2, 0) is 10.3 Å². The first kappa shape index (κ1) is 10.8. The fraction of sp³-hybridized carbons (Fsp3) is 0.400. The Morgan fingerprint density at radius 1 is 1.43 bits per heavy atom. The zero-order chi connectivity index (χ0) is 10.8. The van der Waals surface area contributed by atoms with Gasteiger partial charge in [0.2, 0.25) is 0 Å². The molecule has 0 aliphatic rings. The molecule has 0 radical (unpaired) electrons. The first-order valence-corrected chi connectivity index (χ1v) is 4.31. The Labute approximate surface area is 82.9 Å². The summed E-state index contributed by atoms with van der Waals surface area (Å²) < 4.78 is 5.23. The highest BCUT2D eigenvalue weighted by Gasteiger charge is 2.27. The lowest BCUT2D eigenvalue weighted by Crippen LogP contribution is -2.33. The van der Waals surface area contributed by atoms with Gasteiger partial charge in [-0.3, -0.25) is 0 Å². The van der Waals surface area contributed by atoms with E-state index >= 15 is 0 Å². The normalized spacial score (nSPS) is 15.1. The zero-order valence-corrected chi connectivity index (χ0v) is 8.32. The summed E-state index contributed by atoms with van der Waals surface area (Å²) in [5, 5.41) is 18.7. The molecule has 0 saturated carbocycles. The van der Waals surface area contributed by atoms with Crippen molar-refractivity contribution in [1.82, 2.24) is 0 Å². The van der Waals surface area contributed by atoms with E-state index in [1.54, 1.807) is 13.0 Å². The molecule has 1 aromatic carbocycles. The number of methoxy groups -OCH3 is 1. The molecule has 0 spiro atoms. The average Bonchev–Trinajstić information content (AvgIpc) is 2.17. The third-order valence-electron chi connectivity index (χ3n) is 2.39. The smallest absolute Gasteiger partial charge is 0.125 e. The highest BCUT2D eigenvalue weighted by atomic mass is 16.5. The molecule has 0 amide bonds. The van der Waals surface area contributed by atoms with Crippen molar-refractivity contribution in [3.63, 3.8) is 0 Å². The average molecular weight is 197 g/mol. The van der Waals surface area contributed by atoms with Gasteiger partial charge < -0.3 is 20.7 Å². The molecule has 4 nitrogen and oxygen atoms in total. The molecule has 0 heterocycles. The Morgan fingerprint density at radius 3 is 2.50 bits per heavy atom. The second-order valence-electron chi connectivity index (χ2n) is 3.34. The highest BCUT2D eigenvalue weighted by Crippen LogP contribution is 2.33. The van der Waals surface area contributed by atoms with Crippen LogP contribution in [0, 0.1) is 0 Å². The molecule has 0 aliphatic heterocycles. The summed E-state index contributed by atoms with van der Waals surface area (Å²) >= 11 is 0. The van der Waals surface area contributed by atoms with E-state index in [-0.39, 0.29) is 18.0 Å². The summed E-state index contributed by atoms with van der Waals surface area (Å²) in [6.45, 7) is 2.03. The third kappa shape index (κ3) is 1.81. The lowest BCUT2D eigenvalue weighted by atomic mass is 9.95. The number of phenolic OH excluding ortho intramolecular Hbond substituents is 2. The summed E-state index contributed by atoms with van der Waals surface area (Å²) in [6, 6.07) is 4.35. The summed E-state index contributed by atoms with van der Waals surface area (Å²) in [4.78, 5) is 0.